The number of hydrogen-bond donors (Lipinski definition) is 0. The van der Waals surface area contributed by atoms with E-state index in [-0.39, 0.29) is 12.2 Å². The van der Waals surface area contributed by atoms with Gasteiger partial charge in [0.15, 0.2) is 11.2 Å². The van der Waals surface area contributed by atoms with Crippen molar-refractivity contribution in [3.05, 3.63) is 35.9 Å². The Hall–Kier alpha value is -2.17. The molecule has 5 heteroatoms. The molecular formula is C18H22O5. The van der Waals surface area contributed by atoms with Gasteiger partial charge >= 0.3 is 11.9 Å². The Labute approximate surface area is 136 Å². The predicted octanol–water partition coefficient (Wildman–Crippen LogP) is 2.78. The third kappa shape index (κ3) is 3.28. The summed E-state index contributed by atoms with van der Waals surface area (Å²) in [7, 11) is 2.52. The van der Waals surface area contributed by atoms with Gasteiger partial charge in [0.2, 0.25) is 0 Å². The molecule has 0 radical (unpaired) electrons. The van der Waals surface area contributed by atoms with Crippen molar-refractivity contribution >= 4 is 17.7 Å². The van der Waals surface area contributed by atoms with Crippen LogP contribution in [0.3, 0.4) is 0 Å². The van der Waals surface area contributed by atoms with Gasteiger partial charge in [0.05, 0.1) is 14.2 Å². The Morgan fingerprint density at radius 3 is 2.22 bits per heavy atom. The average Bonchev–Trinajstić information content (AvgIpc) is 2.61. The number of carbonyl (C=O) groups is 3. The minimum Gasteiger partial charge on any atom is -0.468 e. The van der Waals surface area contributed by atoms with Crippen molar-refractivity contribution in [1.82, 2.24) is 0 Å². The summed E-state index contributed by atoms with van der Waals surface area (Å²) < 4.78 is 9.76. The normalized spacial score (nSPS) is 19.7. The van der Waals surface area contributed by atoms with Crippen LogP contribution in [0.2, 0.25) is 0 Å². The molecule has 0 aromatic heterocycles. The van der Waals surface area contributed by atoms with Gasteiger partial charge in [-0.2, -0.15) is 0 Å². The van der Waals surface area contributed by atoms with Gasteiger partial charge in [-0.25, -0.2) is 0 Å². The molecule has 0 heterocycles. The highest BCUT2D eigenvalue weighted by Crippen LogP contribution is 2.45. The Morgan fingerprint density at radius 1 is 1.04 bits per heavy atom. The first-order chi connectivity index (χ1) is 11.1. The van der Waals surface area contributed by atoms with Crippen LogP contribution >= 0.6 is 0 Å². The van der Waals surface area contributed by atoms with E-state index in [2.05, 4.69) is 0 Å². The van der Waals surface area contributed by atoms with Crippen molar-refractivity contribution in [3.63, 3.8) is 0 Å². The zero-order valence-corrected chi connectivity index (χ0v) is 13.5. The summed E-state index contributed by atoms with van der Waals surface area (Å²) in [6.45, 7) is 0. The maximum atomic E-state index is 12.5. The number of ketones is 1. The van der Waals surface area contributed by atoms with Crippen molar-refractivity contribution in [1.29, 1.82) is 0 Å². The van der Waals surface area contributed by atoms with E-state index in [4.69, 9.17) is 9.47 Å². The predicted molar refractivity (Wildman–Crippen MR) is 83.8 cm³/mol. The van der Waals surface area contributed by atoms with E-state index in [0.717, 1.165) is 12.8 Å². The van der Waals surface area contributed by atoms with Crippen LogP contribution in [-0.2, 0) is 19.1 Å². The molecule has 1 aromatic rings. The third-order valence-corrected chi connectivity index (χ3v) is 4.70. The Morgan fingerprint density at radius 2 is 1.65 bits per heavy atom. The lowest BCUT2D eigenvalue weighted by Gasteiger charge is -2.38. The number of Topliss-reactive ketones (excluding diaryl/α,β-unsaturated/α-hetero) is 1. The van der Waals surface area contributed by atoms with E-state index in [1.54, 1.807) is 24.3 Å². The number of esters is 2. The maximum absolute atomic E-state index is 12.5. The van der Waals surface area contributed by atoms with Crippen LogP contribution in [0, 0.1) is 11.3 Å². The van der Waals surface area contributed by atoms with Crippen LogP contribution < -0.4 is 0 Å². The molecule has 0 bridgehead atoms. The van der Waals surface area contributed by atoms with Gasteiger partial charge in [0, 0.05) is 12.0 Å². The van der Waals surface area contributed by atoms with Crippen LogP contribution in [0.25, 0.3) is 0 Å². The lowest BCUT2D eigenvalue weighted by atomic mass is 9.64. The van der Waals surface area contributed by atoms with Crippen molar-refractivity contribution < 1.29 is 23.9 Å². The van der Waals surface area contributed by atoms with Crippen LogP contribution in [0.5, 0.6) is 0 Å². The van der Waals surface area contributed by atoms with E-state index in [1.165, 1.54) is 14.2 Å². The Bertz CT molecular complexity index is 562. The van der Waals surface area contributed by atoms with Gasteiger partial charge in [0.25, 0.3) is 0 Å². The lowest BCUT2D eigenvalue weighted by Crippen LogP contribution is -2.49. The molecule has 5 nitrogen and oxygen atoms in total. The van der Waals surface area contributed by atoms with Crippen LogP contribution in [0.4, 0.5) is 0 Å². The largest absolute Gasteiger partial charge is 0.468 e. The number of rotatable bonds is 5. The molecule has 0 unspecified atom stereocenters. The molecule has 23 heavy (non-hydrogen) atoms. The second kappa shape index (κ2) is 7.40. The van der Waals surface area contributed by atoms with Crippen LogP contribution in [0.1, 0.15) is 42.5 Å². The molecule has 1 saturated carbocycles. The first-order valence-corrected chi connectivity index (χ1v) is 7.81. The molecule has 1 fully saturated rings. The van der Waals surface area contributed by atoms with Crippen molar-refractivity contribution in [3.8, 4) is 0 Å². The minimum absolute atomic E-state index is 0.0744. The van der Waals surface area contributed by atoms with Gasteiger partial charge in [-0.3, -0.25) is 14.4 Å². The van der Waals surface area contributed by atoms with E-state index >= 15 is 0 Å². The van der Waals surface area contributed by atoms with E-state index in [9.17, 15) is 14.4 Å². The molecule has 1 aliphatic carbocycles. The van der Waals surface area contributed by atoms with Gasteiger partial charge in [0.1, 0.15) is 0 Å². The van der Waals surface area contributed by atoms with Gasteiger partial charge in [-0.1, -0.05) is 43.2 Å². The lowest BCUT2D eigenvalue weighted by molar-refractivity contribution is -0.176. The summed E-state index contributed by atoms with van der Waals surface area (Å²) in [6, 6.07) is 8.90. The summed E-state index contributed by atoms with van der Waals surface area (Å²) in [5, 5.41) is 0. The topological polar surface area (TPSA) is 69.7 Å². The fourth-order valence-corrected chi connectivity index (χ4v) is 3.47. The average molecular weight is 318 g/mol. The second-order valence-corrected chi connectivity index (χ2v) is 5.89. The van der Waals surface area contributed by atoms with E-state index in [0.29, 0.717) is 18.4 Å². The number of carbonyl (C=O) groups excluding carboxylic acids is 3. The number of hydrogen-bond acceptors (Lipinski definition) is 5. The van der Waals surface area contributed by atoms with Crippen LogP contribution in [0.15, 0.2) is 30.3 Å². The highest BCUT2D eigenvalue weighted by atomic mass is 16.5. The molecule has 1 atom stereocenters. The molecule has 1 aromatic carbocycles. The molecule has 0 N–H and O–H groups in total. The van der Waals surface area contributed by atoms with Gasteiger partial charge < -0.3 is 9.47 Å². The highest BCUT2D eigenvalue weighted by Gasteiger charge is 2.55. The Balaban J connectivity index is 2.30. The fourth-order valence-electron chi connectivity index (χ4n) is 3.47. The first kappa shape index (κ1) is 17.2. The SMILES string of the molecule is COC(=O)C1(C(=O)OC)CCCC[C@H]1CC(=O)c1ccccc1. The standard InChI is InChI=1S/C18H22O5/c1-22-16(20)18(17(21)23-2)11-7-6-10-14(18)12-15(19)13-8-4-3-5-9-13/h3-5,8-9,14H,6-7,10-12H2,1-2H3/t14-/m0/s1. The quantitative estimate of drug-likeness (QED) is 0.474. The number of benzene rings is 1. The molecule has 0 spiro atoms. The van der Waals surface area contributed by atoms with Crippen molar-refractivity contribution in [2.45, 2.75) is 32.1 Å². The molecule has 124 valence electrons. The summed E-state index contributed by atoms with van der Waals surface area (Å²) >= 11 is 0. The first-order valence-electron chi connectivity index (χ1n) is 7.81. The third-order valence-electron chi connectivity index (χ3n) is 4.70. The van der Waals surface area contributed by atoms with E-state index < -0.39 is 23.3 Å². The monoisotopic (exact) mass is 318 g/mol. The smallest absolute Gasteiger partial charge is 0.323 e. The highest BCUT2D eigenvalue weighted by molar-refractivity contribution is 6.02. The van der Waals surface area contributed by atoms with Gasteiger partial charge in [-0.15, -0.1) is 0 Å². The van der Waals surface area contributed by atoms with E-state index in [1.807, 2.05) is 6.07 Å². The summed E-state index contributed by atoms with van der Waals surface area (Å²) in [4.78, 5) is 37.3. The summed E-state index contributed by atoms with van der Waals surface area (Å²) in [5.74, 6) is -1.68. The van der Waals surface area contributed by atoms with Gasteiger partial charge in [-0.05, 0) is 18.8 Å². The molecule has 0 aliphatic heterocycles. The zero-order chi connectivity index (χ0) is 16.9. The second-order valence-electron chi connectivity index (χ2n) is 5.89. The van der Waals surface area contributed by atoms with Crippen LogP contribution in [-0.4, -0.2) is 31.9 Å². The summed E-state index contributed by atoms with van der Waals surface area (Å²) in [5.41, 5.74) is -0.784. The zero-order valence-electron chi connectivity index (χ0n) is 13.5. The van der Waals surface area contributed by atoms with Crippen molar-refractivity contribution in [2.24, 2.45) is 11.3 Å². The molecule has 0 amide bonds. The molecule has 0 saturated heterocycles. The maximum Gasteiger partial charge on any atom is 0.323 e. The molecular weight excluding hydrogens is 296 g/mol. The molecule has 2 rings (SSSR count). The fraction of sp³-hybridized carbons (Fsp3) is 0.500. The Kier molecular flexibility index (Phi) is 5.53. The van der Waals surface area contributed by atoms with Crippen molar-refractivity contribution in [2.75, 3.05) is 14.2 Å². The number of ether oxygens (including phenoxy) is 2. The molecule has 1 aliphatic rings. The minimum atomic E-state index is -1.37. The summed E-state index contributed by atoms with van der Waals surface area (Å²) in [6.07, 6.45) is 2.73. The number of methoxy groups -OCH3 is 2.